The molecule has 2 aliphatic rings. The minimum atomic E-state index is -2.52. The molecule has 1 aliphatic carbocycles. The quantitative estimate of drug-likeness (QED) is 0.206. The van der Waals surface area contributed by atoms with Gasteiger partial charge < -0.3 is 0 Å². The molecular formula is C34H30SSi. The maximum atomic E-state index is 3.92. The fourth-order valence-electron chi connectivity index (χ4n) is 6.45. The topological polar surface area (TPSA) is 0 Å². The van der Waals surface area contributed by atoms with Crippen molar-refractivity contribution >= 4 is 46.2 Å². The molecule has 0 bridgehead atoms. The van der Waals surface area contributed by atoms with Crippen LogP contribution in [0.3, 0.4) is 0 Å². The molecule has 0 fully saturated rings. The van der Waals surface area contributed by atoms with Crippen LogP contribution in [-0.2, 0) is 5.41 Å². The third-order valence-electron chi connectivity index (χ3n) is 7.98. The van der Waals surface area contributed by atoms with Gasteiger partial charge in [0.25, 0.3) is 0 Å². The Balaban J connectivity index is 1.75. The summed E-state index contributed by atoms with van der Waals surface area (Å²) in [5, 5.41) is 5.89. The molecular weight excluding hydrogens is 469 g/mol. The Morgan fingerprint density at radius 3 is 2.00 bits per heavy atom. The van der Waals surface area contributed by atoms with Gasteiger partial charge in [0.05, 0.1) is 0 Å². The zero-order chi connectivity index (χ0) is 24.9. The van der Waals surface area contributed by atoms with Crippen LogP contribution in [0.1, 0.15) is 31.9 Å². The van der Waals surface area contributed by atoms with E-state index >= 15 is 0 Å². The van der Waals surface area contributed by atoms with Gasteiger partial charge in [-0.2, -0.15) is 0 Å². The highest BCUT2D eigenvalue weighted by molar-refractivity contribution is 8.00. The SMILES string of the molecule is C=C/C=C\C1=C(C)c2ccc3c(c2C1(C)C)Sc1ccccc1[Si]3(c1ccccc1)c1ccccc1. The van der Waals surface area contributed by atoms with Crippen molar-refractivity contribution in [3.63, 3.8) is 0 Å². The molecule has 0 radical (unpaired) electrons. The van der Waals surface area contributed by atoms with E-state index in [0.717, 1.165) is 0 Å². The van der Waals surface area contributed by atoms with Crippen molar-refractivity contribution in [2.75, 3.05) is 0 Å². The van der Waals surface area contributed by atoms with Crippen LogP contribution in [0.4, 0.5) is 0 Å². The van der Waals surface area contributed by atoms with Gasteiger partial charge in [0, 0.05) is 15.2 Å². The normalized spacial score (nSPS) is 17.0. The molecule has 6 rings (SSSR count). The van der Waals surface area contributed by atoms with Gasteiger partial charge >= 0.3 is 0 Å². The molecule has 0 nitrogen and oxygen atoms in total. The first-order valence-electron chi connectivity index (χ1n) is 12.6. The summed E-state index contributed by atoms with van der Waals surface area (Å²) < 4.78 is 0. The van der Waals surface area contributed by atoms with Crippen LogP contribution in [0.2, 0.25) is 0 Å². The van der Waals surface area contributed by atoms with Crippen molar-refractivity contribution in [2.45, 2.75) is 36.0 Å². The van der Waals surface area contributed by atoms with E-state index in [4.69, 9.17) is 0 Å². The van der Waals surface area contributed by atoms with E-state index in [0.29, 0.717) is 0 Å². The molecule has 0 aromatic heterocycles. The molecule has 36 heavy (non-hydrogen) atoms. The summed E-state index contributed by atoms with van der Waals surface area (Å²) in [6.45, 7) is 11.0. The van der Waals surface area contributed by atoms with E-state index in [-0.39, 0.29) is 5.41 Å². The minimum Gasteiger partial charge on any atom is -0.0991 e. The summed E-state index contributed by atoms with van der Waals surface area (Å²) in [6.07, 6.45) is 6.21. The fraction of sp³-hybridized carbons (Fsp3) is 0.118. The molecule has 4 aromatic carbocycles. The van der Waals surface area contributed by atoms with Gasteiger partial charge in [0.1, 0.15) is 0 Å². The number of benzene rings is 4. The predicted octanol–water partition coefficient (Wildman–Crippen LogP) is 6.34. The van der Waals surface area contributed by atoms with E-state index in [9.17, 15) is 0 Å². The van der Waals surface area contributed by atoms with Crippen LogP contribution in [-0.4, -0.2) is 8.07 Å². The van der Waals surface area contributed by atoms with Crippen molar-refractivity contribution in [2.24, 2.45) is 0 Å². The summed E-state index contributed by atoms with van der Waals surface area (Å²) in [7, 11) is -2.52. The number of allylic oxidation sites excluding steroid dienone is 5. The van der Waals surface area contributed by atoms with Crippen molar-refractivity contribution in [3.05, 3.63) is 139 Å². The lowest BCUT2D eigenvalue weighted by atomic mass is 9.81. The largest absolute Gasteiger partial charge is 0.181 e. The van der Waals surface area contributed by atoms with Gasteiger partial charge in [0.2, 0.25) is 0 Å². The maximum Gasteiger partial charge on any atom is 0.181 e. The molecule has 0 spiro atoms. The van der Waals surface area contributed by atoms with Gasteiger partial charge in [0.15, 0.2) is 8.07 Å². The first-order chi connectivity index (χ1) is 17.5. The monoisotopic (exact) mass is 498 g/mol. The Morgan fingerprint density at radius 1 is 0.750 bits per heavy atom. The molecule has 0 amide bonds. The minimum absolute atomic E-state index is 0.0862. The summed E-state index contributed by atoms with van der Waals surface area (Å²) >= 11 is 1.97. The fourth-order valence-corrected chi connectivity index (χ4v) is 13.7. The van der Waals surface area contributed by atoms with E-state index in [1.165, 1.54) is 52.8 Å². The van der Waals surface area contributed by atoms with Crippen LogP contribution in [0.15, 0.2) is 137 Å². The third-order valence-corrected chi connectivity index (χ3v) is 14.4. The lowest BCUT2D eigenvalue weighted by molar-refractivity contribution is 0.641. The second-order valence-corrected chi connectivity index (χ2v) is 15.0. The highest BCUT2D eigenvalue weighted by Gasteiger charge is 2.49. The number of hydrogen-bond donors (Lipinski definition) is 0. The molecule has 176 valence electrons. The number of fused-ring (bicyclic) bond motifs is 4. The molecule has 4 aromatic rings. The van der Waals surface area contributed by atoms with Gasteiger partial charge in [-0.3, -0.25) is 0 Å². The first-order valence-corrected chi connectivity index (χ1v) is 15.4. The van der Waals surface area contributed by atoms with Gasteiger partial charge in [-0.1, -0.05) is 141 Å². The lowest BCUT2D eigenvalue weighted by Crippen LogP contribution is -2.76. The first kappa shape index (κ1) is 23.1. The third kappa shape index (κ3) is 3.14. The standard InChI is InChI=1S/C34H30SSi/c1-5-6-19-28-24(2)27-22-23-31-33(32(27)34(28,3)4)35-29-20-13-14-21-30(29)36(31,25-15-9-7-10-16-25)26-17-11-8-12-18-26/h5-23H,1H2,2-4H3/b19-6-. The highest BCUT2D eigenvalue weighted by Crippen LogP contribution is 2.51. The second kappa shape index (κ2) is 8.65. The molecule has 2 heteroatoms. The average Bonchev–Trinajstić information content (AvgIpc) is 3.11. The highest BCUT2D eigenvalue weighted by atomic mass is 32.2. The van der Waals surface area contributed by atoms with Crippen LogP contribution >= 0.6 is 11.8 Å². The Bertz CT molecular complexity index is 1500. The van der Waals surface area contributed by atoms with Crippen LogP contribution in [0, 0.1) is 0 Å². The smallest absolute Gasteiger partial charge is 0.0991 e. The zero-order valence-corrected chi connectivity index (χ0v) is 22.9. The van der Waals surface area contributed by atoms with Gasteiger partial charge in [-0.05, 0) is 56.0 Å². The van der Waals surface area contributed by atoms with E-state index < -0.39 is 8.07 Å². The van der Waals surface area contributed by atoms with Crippen LogP contribution in [0.5, 0.6) is 0 Å². The lowest BCUT2D eigenvalue weighted by Gasteiger charge is -2.41. The van der Waals surface area contributed by atoms with Crippen LogP contribution < -0.4 is 20.7 Å². The average molecular weight is 499 g/mol. The Labute approximate surface area is 220 Å². The molecule has 0 saturated heterocycles. The predicted molar refractivity (Wildman–Crippen MR) is 159 cm³/mol. The van der Waals surface area contributed by atoms with Gasteiger partial charge in [-0.25, -0.2) is 0 Å². The summed E-state index contributed by atoms with van der Waals surface area (Å²) in [6, 6.07) is 36.5. The van der Waals surface area contributed by atoms with Gasteiger partial charge in [-0.15, -0.1) is 0 Å². The van der Waals surface area contributed by atoms with Crippen molar-refractivity contribution < 1.29 is 0 Å². The molecule has 0 atom stereocenters. The Hall–Kier alpha value is -3.33. The van der Waals surface area contributed by atoms with Crippen molar-refractivity contribution in [1.82, 2.24) is 0 Å². The molecule has 0 saturated carbocycles. The van der Waals surface area contributed by atoms with Crippen molar-refractivity contribution in [1.29, 1.82) is 0 Å². The Kier molecular flexibility index (Phi) is 5.55. The van der Waals surface area contributed by atoms with E-state index in [1.807, 2.05) is 17.8 Å². The second-order valence-electron chi connectivity index (χ2n) is 10.2. The maximum absolute atomic E-state index is 3.92. The zero-order valence-electron chi connectivity index (χ0n) is 21.1. The number of hydrogen-bond acceptors (Lipinski definition) is 1. The molecule has 1 aliphatic heterocycles. The summed E-state index contributed by atoms with van der Waals surface area (Å²) in [4.78, 5) is 2.85. The summed E-state index contributed by atoms with van der Waals surface area (Å²) in [5.74, 6) is 0. The van der Waals surface area contributed by atoms with Crippen molar-refractivity contribution in [3.8, 4) is 0 Å². The number of rotatable bonds is 4. The molecule has 0 N–H and O–H groups in total. The Morgan fingerprint density at radius 2 is 1.36 bits per heavy atom. The molecule has 0 unspecified atom stereocenters. The molecule has 1 heterocycles. The van der Waals surface area contributed by atoms with E-state index in [2.05, 4.69) is 137 Å². The van der Waals surface area contributed by atoms with E-state index in [1.54, 1.807) is 0 Å². The summed E-state index contributed by atoms with van der Waals surface area (Å²) in [5.41, 5.74) is 5.54. The van der Waals surface area contributed by atoms with Crippen LogP contribution in [0.25, 0.3) is 5.57 Å².